The summed E-state index contributed by atoms with van der Waals surface area (Å²) in [6.07, 6.45) is -2.34. The third kappa shape index (κ3) is 4.21. The van der Waals surface area contributed by atoms with E-state index in [1.165, 1.54) is 12.1 Å². The Labute approximate surface area is 120 Å². The van der Waals surface area contributed by atoms with Gasteiger partial charge in [0.1, 0.15) is 0 Å². The van der Waals surface area contributed by atoms with Gasteiger partial charge in [0, 0.05) is 10.5 Å². The van der Waals surface area contributed by atoms with E-state index < -0.39 is 11.7 Å². The van der Waals surface area contributed by atoms with Crippen LogP contribution in [0.5, 0.6) is 0 Å². The average Bonchev–Trinajstić information content (AvgIpc) is 2.31. The average molecular weight is 338 g/mol. The molecule has 0 aliphatic heterocycles. The molecule has 1 nitrogen and oxygen atoms in total. The highest BCUT2D eigenvalue weighted by molar-refractivity contribution is 9.10. The van der Waals surface area contributed by atoms with Crippen molar-refractivity contribution < 1.29 is 13.2 Å². The van der Waals surface area contributed by atoms with Gasteiger partial charge in [-0.25, -0.2) is 0 Å². The SMILES string of the molecule is CCCC(C)C(NC)c1ccc(Br)c(C(F)(F)F)c1. The largest absolute Gasteiger partial charge is 0.417 e. The summed E-state index contributed by atoms with van der Waals surface area (Å²) in [5.74, 6) is 0.289. The fourth-order valence-electron chi connectivity index (χ4n) is 2.36. The van der Waals surface area contributed by atoms with Gasteiger partial charge in [0.05, 0.1) is 5.56 Å². The second-order valence-corrected chi connectivity index (χ2v) is 5.62. The van der Waals surface area contributed by atoms with Gasteiger partial charge < -0.3 is 5.32 Å². The van der Waals surface area contributed by atoms with Gasteiger partial charge in [0.15, 0.2) is 0 Å². The van der Waals surface area contributed by atoms with E-state index in [1.807, 2.05) is 0 Å². The Balaban J connectivity index is 3.12. The van der Waals surface area contributed by atoms with E-state index in [1.54, 1.807) is 13.1 Å². The fourth-order valence-corrected chi connectivity index (χ4v) is 2.83. The Bertz CT molecular complexity index is 418. The molecule has 5 heteroatoms. The molecule has 1 N–H and O–H groups in total. The van der Waals surface area contributed by atoms with E-state index in [9.17, 15) is 13.2 Å². The van der Waals surface area contributed by atoms with Gasteiger partial charge in [-0.15, -0.1) is 0 Å². The Morgan fingerprint density at radius 3 is 2.42 bits per heavy atom. The number of hydrogen-bond acceptors (Lipinski definition) is 1. The molecule has 0 saturated carbocycles. The zero-order valence-corrected chi connectivity index (χ0v) is 12.9. The molecule has 19 heavy (non-hydrogen) atoms. The van der Waals surface area contributed by atoms with Crippen LogP contribution in [0.2, 0.25) is 0 Å². The van der Waals surface area contributed by atoms with Gasteiger partial charge >= 0.3 is 6.18 Å². The lowest BCUT2D eigenvalue weighted by molar-refractivity contribution is -0.138. The van der Waals surface area contributed by atoms with Crippen LogP contribution in [0.1, 0.15) is 43.9 Å². The van der Waals surface area contributed by atoms with Crippen LogP contribution in [-0.2, 0) is 6.18 Å². The maximum Gasteiger partial charge on any atom is 0.417 e. The van der Waals surface area contributed by atoms with Crippen LogP contribution in [0.25, 0.3) is 0 Å². The minimum atomic E-state index is -4.33. The van der Waals surface area contributed by atoms with Crippen molar-refractivity contribution in [3.05, 3.63) is 33.8 Å². The van der Waals surface area contributed by atoms with Crippen molar-refractivity contribution in [2.75, 3.05) is 7.05 Å². The van der Waals surface area contributed by atoms with E-state index >= 15 is 0 Å². The van der Waals surface area contributed by atoms with Crippen molar-refractivity contribution in [1.29, 1.82) is 0 Å². The lowest BCUT2D eigenvalue weighted by atomic mass is 9.90. The van der Waals surface area contributed by atoms with Gasteiger partial charge in [-0.3, -0.25) is 0 Å². The topological polar surface area (TPSA) is 12.0 Å². The molecule has 0 saturated heterocycles. The smallest absolute Gasteiger partial charge is 0.313 e. The first-order chi connectivity index (χ1) is 8.81. The highest BCUT2D eigenvalue weighted by Gasteiger charge is 2.33. The first-order valence-corrected chi connectivity index (χ1v) is 7.14. The maximum atomic E-state index is 12.9. The van der Waals surface area contributed by atoms with Crippen molar-refractivity contribution in [1.82, 2.24) is 5.32 Å². The molecule has 2 atom stereocenters. The first kappa shape index (κ1) is 16.5. The third-order valence-corrected chi connectivity index (χ3v) is 3.97. The van der Waals surface area contributed by atoms with Crippen LogP contribution >= 0.6 is 15.9 Å². The van der Waals surface area contributed by atoms with Crippen molar-refractivity contribution in [2.24, 2.45) is 5.92 Å². The molecule has 1 aromatic rings. The first-order valence-electron chi connectivity index (χ1n) is 6.35. The molecular weight excluding hydrogens is 319 g/mol. The Hall–Kier alpha value is -0.550. The van der Waals surface area contributed by atoms with Gasteiger partial charge in [-0.2, -0.15) is 13.2 Å². The monoisotopic (exact) mass is 337 g/mol. The number of alkyl halides is 3. The fraction of sp³-hybridized carbons (Fsp3) is 0.571. The molecular formula is C14H19BrF3N. The van der Waals surface area contributed by atoms with Crippen LogP contribution < -0.4 is 5.32 Å². The van der Waals surface area contributed by atoms with Crippen molar-refractivity contribution in [3.8, 4) is 0 Å². The molecule has 0 bridgehead atoms. The third-order valence-electron chi connectivity index (χ3n) is 3.28. The number of benzene rings is 1. The van der Waals surface area contributed by atoms with Crippen LogP contribution in [0.3, 0.4) is 0 Å². The summed E-state index contributed by atoms with van der Waals surface area (Å²) >= 11 is 2.96. The Kier molecular flexibility index (Phi) is 5.86. The number of halogens is 4. The van der Waals surface area contributed by atoms with E-state index in [2.05, 4.69) is 35.1 Å². The summed E-state index contributed by atoms with van der Waals surface area (Å²) in [5, 5.41) is 3.12. The molecule has 0 radical (unpaired) electrons. The summed E-state index contributed by atoms with van der Waals surface area (Å²) in [4.78, 5) is 0. The molecule has 1 rings (SSSR count). The number of nitrogens with one attached hydrogen (secondary N) is 1. The van der Waals surface area contributed by atoms with Crippen LogP contribution in [-0.4, -0.2) is 7.05 Å². The molecule has 1 aromatic carbocycles. The highest BCUT2D eigenvalue weighted by Crippen LogP contribution is 2.37. The molecule has 0 amide bonds. The van der Waals surface area contributed by atoms with Gasteiger partial charge in [-0.05, 0) is 37.1 Å². The highest BCUT2D eigenvalue weighted by atomic mass is 79.9. The van der Waals surface area contributed by atoms with Crippen molar-refractivity contribution in [2.45, 2.75) is 38.9 Å². The summed E-state index contributed by atoms with van der Waals surface area (Å²) in [6.45, 7) is 4.13. The molecule has 0 fully saturated rings. The summed E-state index contributed by atoms with van der Waals surface area (Å²) in [6, 6.07) is 4.39. The van der Waals surface area contributed by atoms with Gasteiger partial charge in [-0.1, -0.05) is 42.3 Å². The molecule has 0 aliphatic rings. The summed E-state index contributed by atoms with van der Waals surface area (Å²) < 4.78 is 38.8. The van der Waals surface area contributed by atoms with Crippen molar-refractivity contribution in [3.63, 3.8) is 0 Å². The molecule has 108 valence electrons. The number of hydrogen-bond donors (Lipinski definition) is 1. The van der Waals surface area contributed by atoms with Crippen LogP contribution in [0, 0.1) is 5.92 Å². The number of rotatable bonds is 5. The molecule has 0 heterocycles. The molecule has 2 unspecified atom stereocenters. The quantitative estimate of drug-likeness (QED) is 0.781. The van der Waals surface area contributed by atoms with E-state index in [0.29, 0.717) is 5.56 Å². The molecule has 0 spiro atoms. The predicted octanol–water partition coefficient (Wildman–Crippen LogP) is 5.16. The normalized spacial score (nSPS) is 15.3. The summed E-state index contributed by atoms with van der Waals surface area (Å²) in [5.41, 5.74) is 0.0629. The standard InChI is InChI=1S/C14H19BrF3N/c1-4-5-9(2)13(19-3)10-6-7-12(15)11(8-10)14(16,17)18/h6-9,13,19H,4-5H2,1-3H3. The minimum absolute atomic E-state index is 0.0610. The summed E-state index contributed by atoms with van der Waals surface area (Å²) in [7, 11) is 1.78. The second-order valence-electron chi connectivity index (χ2n) is 4.77. The second kappa shape index (κ2) is 6.75. The lowest BCUT2D eigenvalue weighted by Gasteiger charge is -2.25. The van der Waals surface area contributed by atoms with E-state index in [-0.39, 0.29) is 16.4 Å². The van der Waals surface area contributed by atoms with Crippen LogP contribution in [0.15, 0.2) is 22.7 Å². The van der Waals surface area contributed by atoms with Crippen molar-refractivity contribution >= 4 is 15.9 Å². The zero-order valence-electron chi connectivity index (χ0n) is 11.3. The minimum Gasteiger partial charge on any atom is -0.313 e. The lowest BCUT2D eigenvalue weighted by Crippen LogP contribution is -2.24. The molecule has 0 aliphatic carbocycles. The van der Waals surface area contributed by atoms with Gasteiger partial charge in [0.2, 0.25) is 0 Å². The Morgan fingerprint density at radius 2 is 1.95 bits per heavy atom. The van der Waals surface area contributed by atoms with E-state index in [0.717, 1.165) is 12.8 Å². The zero-order chi connectivity index (χ0) is 14.6. The van der Waals surface area contributed by atoms with Gasteiger partial charge in [0.25, 0.3) is 0 Å². The van der Waals surface area contributed by atoms with Crippen LogP contribution in [0.4, 0.5) is 13.2 Å². The predicted molar refractivity (Wildman–Crippen MR) is 75.0 cm³/mol. The van der Waals surface area contributed by atoms with E-state index in [4.69, 9.17) is 0 Å². The maximum absolute atomic E-state index is 12.9. The molecule has 0 aromatic heterocycles. The Morgan fingerprint density at radius 1 is 1.32 bits per heavy atom.